The van der Waals surface area contributed by atoms with Gasteiger partial charge in [0.05, 0.1) is 5.02 Å². The van der Waals surface area contributed by atoms with Gasteiger partial charge in [0.15, 0.2) is 0 Å². The molecule has 1 amide bonds. The summed E-state index contributed by atoms with van der Waals surface area (Å²) in [7, 11) is 0. The van der Waals surface area contributed by atoms with Crippen molar-refractivity contribution in [2.45, 2.75) is 32.2 Å². The number of halogens is 1. The first kappa shape index (κ1) is 13.4. The van der Waals surface area contributed by atoms with E-state index < -0.39 is 0 Å². The second kappa shape index (κ2) is 6.25. The molecule has 0 bridgehead atoms. The minimum atomic E-state index is 0.0393. The van der Waals surface area contributed by atoms with Crippen molar-refractivity contribution in [3.8, 4) is 0 Å². The number of aromatic nitrogens is 1. The summed E-state index contributed by atoms with van der Waals surface area (Å²) in [4.78, 5) is 17.2. The molecule has 2 N–H and O–H groups in total. The second-order valence-corrected chi connectivity index (χ2v) is 5.21. The Morgan fingerprint density at radius 2 is 2.44 bits per heavy atom. The topological polar surface area (TPSA) is 48.1 Å². The minimum absolute atomic E-state index is 0.0393. The summed E-state index contributed by atoms with van der Waals surface area (Å²) in [5.41, 5.74) is 0.575. The summed E-state index contributed by atoms with van der Waals surface area (Å²) in [5.74, 6) is 0.0393. The first-order valence-corrected chi connectivity index (χ1v) is 6.95. The first-order valence-electron chi connectivity index (χ1n) is 6.57. The first-order chi connectivity index (χ1) is 8.70. The average molecular weight is 270 g/mol. The van der Waals surface area contributed by atoms with Gasteiger partial charge < -0.3 is 15.2 Å². The van der Waals surface area contributed by atoms with Crippen LogP contribution in [0, 0.1) is 0 Å². The van der Waals surface area contributed by atoms with Gasteiger partial charge in [0, 0.05) is 25.3 Å². The highest BCUT2D eigenvalue weighted by atomic mass is 35.5. The average Bonchev–Trinajstić information content (AvgIpc) is 2.99. The third kappa shape index (κ3) is 3.27. The Bertz CT molecular complexity index is 399. The summed E-state index contributed by atoms with van der Waals surface area (Å²) in [6, 6.07) is 2.13. The molecule has 1 aliphatic heterocycles. The molecular weight excluding hydrogens is 250 g/mol. The van der Waals surface area contributed by atoms with Crippen LogP contribution in [0.15, 0.2) is 12.3 Å². The van der Waals surface area contributed by atoms with E-state index in [4.69, 9.17) is 11.6 Å². The zero-order chi connectivity index (χ0) is 13.0. The number of hydrogen-bond acceptors (Lipinski definition) is 2. The number of nitrogens with zero attached hydrogens (tertiary/aromatic N) is 1. The van der Waals surface area contributed by atoms with Crippen LogP contribution in [0.2, 0.25) is 5.02 Å². The molecule has 1 fully saturated rings. The molecular formula is C13H20ClN3O. The van der Waals surface area contributed by atoms with Gasteiger partial charge in [0.25, 0.3) is 5.91 Å². The van der Waals surface area contributed by atoms with Crippen LogP contribution in [0.25, 0.3) is 0 Å². The number of amides is 1. The van der Waals surface area contributed by atoms with Crippen LogP contribution in [0.4, 0.5) is 0 Å². The maximum absolute atomic E-state index is 12.3. The van der Waals surface area contributed by atoms with Crippen molar-refractivity contribution in [1.29, 1.82) is 0 Å². The highest BCUT2D eigenvalue weighted by Gasteiger charge is 2.22. The van der Waals surface area contributed by atoms with Crippen LogP contribution in [0.3, 0.4) is 0 Å². The Morgan fingerprint density at radius 1 is 1.61 bits per heavy atom. The molecule has 100 valence electrons. The molecule has 0 aromatic carbocycles. The molecule has 5 heteroatoms. The van der Waals surface area contributed by atoms with E-state index in [-0.39, 0.29) is 5.91 Å². The minimum Gasteiger partial charge on any atom is -0.356 e. The summed E-state index contributed by atoms with van der Waals surface area (Å²) >= 11 is 5.84. The van der Waals surface area contributed by atoms with E-state index in [1.165, 1.54) is 6.42 Å². The normalized spacial score (nSPS) is 19.1. The molecule has 0 aliphatic carbocycles. The number of H-pyrrole nitrogens is 1. The van der Waals surface area contributed by atoms with E-state index in [2.05, 4.69) is 17.2 Å². The Hall–Kier alpha value is -1.00. The molecule has 1 atom stereocenters. The Kier molecular flexibility index (Phi) is 4.66. The van der Waals surface area contributed by atoms with Crippen molar-refractivity contribution < 1.29 is 4.79 Å². The van der Waals surface area contributed by atoms with Gasteiger partial charge in [-0.15, -0.1) is 0 Å². The lowest BCUT2D eigenvalue weighted by Gasteiger charge is -2.25. The molecule has 4 nitrogen and oxygen atoms in total. The SMILES string of the molecule is CCCN(CC1CCCN1)C(=O)c1cc(Cl)c[nH]1. The molecule has 18 heavy (non-hydrogen) atoms. The quantitative estimate of drug-likeness (QED) is 0.862. The highest BCUT2D eigenvalue weighted by Crippen LogP contribution is 2.14. The molecule has 2 rings (SSSR count). The van der Waals surface area contributed by atoms with Crippen molar-refractivity contribution in [3.63, 3.8) is 0 Å². The van der Waals surface area contributed by atoms with Gasteiger partial charge in [0.1, 0.15) is 5.69 Å². The maximum Gasteiger partial charge on any atom is 0.270 e. The zero-order valence-corrected chi connectivity index (χ0v) is 11.5. The lowest BCUT2D eigenvalue weighted by molar-refractivity contribution is 0.0736. The van der Waals surface area contributed by atoms with Gasteiger partial charge in [-0.2, -0.15) is 0 Å². The fourth-order valence-corrected chi connectivity index (χ4v) is 2.55. The molecule has 0 radical (unpaired) electrons. The summed E-state index contributed by atoms with van der Waals surface area (Å²) in [6.45, 7) is 4.72. The molecule has 1 unspecified atom stereocenters. The van der Waals surface area contributed by atoms with E-state index in [1.807, 2.05) is 4.90 Å². The van der Waals surface area contributed by atoms with E-state index in [1.54, 1.807) is 12.3 Å². The van der Waals surface area contributed by atoms with Gasteiger partial charge in [-0.1, -0.05) is 18.5 Å². The molecule has 0 saturated carbocycles. The van der Waals surface area contributed by atoms with Crippen LogP contribution in [-0.4, -0.2) is 41.5 Å². The lowest BCUT2D eigenvalue weighted by Crippen LogP contribution is -2.41. The fraction of sp³-hybridized carbons (Fsp3) is 0.615. The molecule has 2 heterocycles. The fourth-order valence-electron chi connectivity index (χ4n) is 2.39. The van der Waals surface area contributed by atoms with Crippen LogP contribution < -0.4 is 5.32 Å². The lowest BCUT2D eigenvalue weighted by atomic mass is 10.2. The highest BCUT2D eigenvalue weighted by molar-refractivity contribution is 6.30. The van der Waals surface area contributed by atoms with Crippen LogP contribution in [-0.2, 0) is 0 Å². The number of carbonyl (C=O) groups is 1. The molecule has 1 aromatic rings. The summed E-state index contributed by atoms with van der Waals surface area (Å²) in [5, 5.41) is 4.00. The maximum atomic E-state index is 12.3. The molecule has 1 aromatic heterocycles. The van der Waals surface area contributed by atoms with Crippen molar-refractivity contribution in [3.05, 3.63) is 23.0 Å². The Morgan fingerprint density at radius 3 is 3.00 bits per heavy atom. The number of aromatic amines is 1. The monoisotopic (exact) mass is 269 g/mol. The number of rotatable bonds is 5. The van der Waals surface area contributed by atoms with Crippen molar-refractivity contribution in [2.24, 2.45) is 0 Å². The molecule has 1 saturated heterocycles. The second-order valence-electron chi connectivity index (χ2n) is 4.78. The predicted octanol–water partition coefficient (Wildman–Crippen LogP) is 2.27. The van der Waals surface area contributed by atoms with Crippen LogP contribution in [0.5, 0.6) is 0 Å². The van der Waals surface area contributed by atoms with E-state index in [9.17, 15) is 4.79 Å². The number of nitrogens with one attached hydrogen (secondary N) is 2. The van der Waals surface area contributed by atoms with Gasteiger partial charge in [-0.05, 0) is 31.9 Å². The van der Waals surface area contributed by atoms with Gasteiger partial charge in [-0.25, -0.2) is 0 Å². The van der Waals surface area contributed by atoms with Crippen molar-refractivity contribution in [1.82, 2.24) is 15.2 Å². The third-order valence-corrected chi connectivity index (χ3v) is 3.48. The largest absolute Gasteiger partial charge is 0.356 e. The standard InChI is InChI=1S/C13H20ClN3O/c1-2-6-17(9-11-4-3-5-15-11)13(18)12-7-10(14)8-16-12/h7-8,11,15-16H,2-6,9H2,1H3. The number of hydrogen-bond donors (Lipinski definition) is 2. The van der Waals surface area contributed by atoms with Gasteiger partial charge >= 0.3 is 0 Å². The Labute approximate surface area is 113 Å². The summed E-state index contributed by atoms with van der Waals surface area (Å²) in [6.07, 6.45) is 4.96. The third-order valence-electron chi connectivity index (χ3n) is 3.26. The molecule has 1 aliphatic rings. The van der Waals surface area contributed by atoms with Crippen LogP contribution in [0.1, 0.15) is 36.7 Å². The van der Waals surface area contributed by atoms with Crippen LogP contribution >= 0.6 is 11.6 Å². The van der Waals surface area contributed by atoms with E-state index in [0.29, 0.717) is 16.8 Å². The van der Waals surface area contributed by atoms with Gasteiger partial charge in [-0.3, -0.25) is 4.79 Å². The van der Waals surface area contributed by atoms with Crippen molar-refractivity contribution in [2.75, 3.05) is 19.6 Å². The smallest absolute Gasteiger partial charge is 0.270 e. The predicted molar refractivity (Wildman–Crippen MR) is 73.0 cm³/mol. The van der Waals surface area contributed by atoms with Gasteiger partial charge in [0.2, 0.25) is 0 Å². The molecule has 0 spiro atoms. The zero-order valence-electron chi connectivity index (χ0n) is 10.7. The van der Waals surface area contributed by atoms with Crippen molar-refractivity contribution >= 4 is 17.5 Å². The van der Waals surface area contributed by atoms with E-state index in [0.717, 1.165) is 32.5 Å². The summed E-state index contributed by atoms with van der Waals surface area (Å²) < 4.78 is 0. The van der Waals surface area contributed by atoms with E-state index >= 15 is 0 Å². The number of carbonyl (C=O) groups excluding carboxylic acids is 1. The Balaban J connectivity index is 2.01.